The summed E-state index contributed by atoms with van der Waals surface area (Å²) < 4.78 is 38.4. The van der Waals surface area contributed by atoms with Gasteiger partial charge in [-0.1, -0.05) is 23.8 Å². The van der Waals surface area contributed by atoms with Crippen LogP contribution < -0.4 is 8.92 Å². The van der Waals surface area contributed by atoms with Crippen LogP contribution in [0.2, 0.25) is 0 Å². The molecule has 0 bridgehead atoms. The molecular weight excluding hydrogens is 382 g/mol. The lowest BCUT2D eigenvalue weighted by Crippen LogP contribution is -2.07. The van der Waals surface area contributed by atoms with Gasteiger partial charge in [-0.25, -0.2) is 9.79 Å². The van der Waals surface area contributed by atoms with Crippen LogP contribution in [0.5, 0.6) is 11.5 Å². The second kappa shape index (κ2) is 7.85. The number of esters is 1. The number of hydrogen-bond donors (Lipinski definition) is 0. The third-order valence-electron chi connectivity index (χ3n) is 3.70. The molecule has 2 aromatic rings. The Morgan fingerprint density at radius 1 is 1.14 bits per heavy atom. The summed E-state index contributed by atoms with van der Waals surface area (Å²) in [5.74, 6) is -0.00563. The Hall–Kier alpha value is -3.13. The molecular formula is C20H19NO6S. The van der Waals surface area contributed by atoms with E-state index >= 15 is 0 Å². The van der Waals surface area contributed by atoms with Crippen molar-refractivity contribution < 1.29 is 26.9 Å². The van der Waals surface area contributed by atoms with Gasteiger partial charge in [0.05, 0.1) is 12.9 Å². The van der Waals surface area contributed by atoms with Gasteiger partial charge in [-0.3, -0.25) is 0 Å². The number of carbonyl (C=O) groups excluding carboxylic acids is 1. The van der Waals surface area contributed by atoms with E-state index in [0.717, 1.165) is 11.8 Å². The molecule has 0 saturated carbocycles. The molecule has 0 fully saturated rings. The first kappa shape index (κ1) is 19.6. The number of rotatable bonds is 6. The van der Waals surface area contributed by atoms with Gasteiger partial charge in [-0.05, 0) is 49.8 Å². The van der Waals surface area contributed by atoms with Crippen LogP contribution >= 0.6 is 0 Å². The standard InChI is InChI=1S/C20H19NO6S/c1-4-25-18-12-14(8-9-17(18)27-28(3,23)24)11-16-20(22)26-19(21-16)15-7-5-6-13(2)10-15/h5-12H,4H2,1-3H3/b16-11+. The molecule has 0 saturated heterocycles. The highest BCUT2D eigenvalue weighted by Crippen LogP contribution is 2.31. The molecule has 8 heteroatoms. The van der Waals surface area contributed by atoms with E-state index < -0.39 is 16.1 Å². The Balaban J connectivity index is 1.94. The minimum absolute atomic E-state index is 0.0736. The fourth-order valence-electron chi connectivity index (χ4n) is 2.58. The largest absolute Gasteiger partial charge is 0.490 e. The minimum atomic E-state index is -3.69. The zero-order chi connectivity index (χ0) is 20.3. The minimum Gasteiger partial charge on any atom is -0.490 e. The Labute approximate surface area is 163 Å². The monoisotopic (exact) mass is 401 g/mol. The van der Waals surface area contributed by atoms with E-state index in [9.17, 15) is 13.2 Å². The molecule has 1 heterocycles. The van der Waals surface area contributed by atoms with Gasteiger partial charge >= 0.3 is 16.1 Å². The average molecular weight is 401 g/mol. The molecule has 2 aromatic carbocycles. The zero-order valence-corrected chi connectivity index (χ0v) is 16.4. The third-order valence-corrected chi connectivity index (χ3v) is 4.18. The number of aryl methyl sites for hydroxylation is 1. The molecule has 0 spiro atoms. The van der Waals surface area contributed by atoms with Gasteiger partial charge in [0.25, 0.3) is 0 Å². The Bertz CT molecular complexity index is 1090. The van der Waals surface area contributed by atoms with Gasteiger partial charge < -0.3 is 13.7 Å². The number of aliphatic imine (C=N–C) groups is 1. The first-order valence-corrected chi connectivity index (χ1v) is 10.3. The SMILES string of the molecule is CCOc1cc(/C=C2/N=C(c3cccc(C)c3)OC2=O)ccc1OS(C)(=O)=O. The fraction of sp³-hybridized carbons (Fsp3) is 0.200. The van der Waals surface area contributed by atoms with Gasteiger partial charge in [0, 0.05) is 5.56 Å². The second-order valence-electron chi connectivity index (χ2n) is 6.13. The Morgan fingerprint density at radius 2 is 1.93 bits per heavy atom. The van der Waals surface area contributed by atoms with Crippen LogP contribution in [0.15, 0.2) is 53.2 Å². The molecule has 0 amide bonds. The summed E-state index contributed by atoms with van der Waals surface area (Å²) >= 11 is 0. The summed E-state index contributed by atoms with van der Waals surface area (Å²) in [5, 5.41) is 0. The Morgan fingerprint density at radius 3 is 2.61 bits per heavy atom. The molecule has 146 valence electrons. The summed E-state index contributed by atoms with van der Waals surface area (Å²) in [7, 11) is -3.69. The molecule has 7 nitrogen and oxygen atoms in total. The van der Waals surface area contributed by atoms with E-state index in [4.69, 9.17) is 13.7 Å². The van der Waals surface area contributed by atoms with Crippen molar-refractivity contribution >= 4 is 28.1 Å². The van der Waals surface area contributed by atoms with Crippen LogP contribution in [0.4, 0.5) is 0 Å². The van der Waals surface area contributed by atoms with Gasteiger partial charge in [0.15, 0.2) is 17.2 Å². The van der Waals surface area contributed by atoms with Crippen LogP contribution in [0.3, 0.4) is 0 Å². The van der Waals surface area contributed by atoms with E-state index in [1.807, 2.05) is 31.2 Å². The predicted octanol–water partition coefficient (Wildman–Crippen LogP) is 3.08. The van der Waals surface area contributed by atoms with Crippen LogP contribution in [0.1, 0.15) is 23.6 Å². The van der Waals surface area contributed by atoms with E-state index in [0.29, 0.717) is 17.7 Å². The molecule has 0 N–H and O–H groups in total. The van der Waals surface area contributed by atoms with Crippen LogP contribution in [0, 0.1) is 6.92 Å². The third kappa shape index (κ3) is 4.77. The number of ether oxygens (including phenoxy) is 2. The number of carbonyl (C=O) groups is 1. The van der Waals surface area contributed by atoms with E-state index in [-0.39, 0.29) is 23.1 Å². The lowest BCUT2D eigenvalue weighted by molar-refractivity contribution is -0.129. The maximum Gasteiger partial charge on any atom is 0.363 e. The van der Waals surface area contributed by atoms with Crippen molar-refractivity contribution in [3.63, 3.8) is 0 Å². The smallest absolute Gasteiger partial charge is 0.363 e. The van der Waals surface area contributed by atoms with Crippen molar-refractivity contribution in [1.29, 1.82) is 0 Å². The highest BCUT2D eigenvalue weighted by Gasteiger charge is 2.24. The summed E-state index contributed by atoms with van der Waals surface area (Å²) in [5.41, 5.74) is 2.46. The number of benzene rings is 2. The zero-order valence-electron chi connectivity index (χ0n) is 15.6. The van der Waals surface area contributed by atoms with Gasteiger partial charge in [-0.15, -0.1) is 0 Å². The van der Waals surface area contributed by atoms with E-state index in [2.05, 4.69) is 4.99 Å². The topological polar surface area (TPSA) is 91.3 Å². The van der Waals surface area contributed by atoms with E-state index in [1.54, 1.807) is 19.1 Å². The van der Waals surface area contributed by atoms with Crippen LogP contribution in [0.25, 0.3) is 6.08 Å². The molecule has 28 heavy (non-hydrogen) atoms. The van der Waals surface area contributed by atoms with Gasteiger partial charge in [-0.2, -0.15) is 8.42 Å². The molecule has 0 radical (unpaired) electrons. The Kier molecular flexibility index (Phi) is 5.51. The van der Waals surface area contributed by atoms with Crippen molar-refractivity contribution in [2.24, 2.45) is 4.99 Å². The maximum absolute atomic E-state index is 12.2. The maximum atomic E-state index is 12.2. The number of cyclic esters (lactones) is 1. The predicted molar refractivity (Wildman–Crippen MR) is 105 cm³/mol. The normalized spacial score (nSPS) is 15.3. The van der Waals surface area contributed by atoms with Crippen LogP contribution in [-0.4, -0.2) is 33.1 Å². The van der Waals surface area contributed by atoms with Gasteiger partial charge in [0.2, 0.25) is 5.90 Å². The van der Waals surface area contributed by atoms with Crippen molar-refractivity contribution in [2.75, 3.05) is 12.9 Å². The van der Waals surface area contributed by atoms with Crippen molar-refractivity contribution in [3.8, 4) is 11.5 Å². The highest BCUT2D eigenvalue weighted by molar-refractivity contribution is 7.86. The number of hydrogen-bond acceptors (Lipinski definition) is 7. The van der Waals surface area contributed by atoms with E-state index in [1.165, 1.54) is 12.1 Å². The fourth-order valence-corrected chi connectivity index (χ4v) is 3.05. The molecule has 0 aliphatic carbocycles. The van der Waals surface area contributed by atoms with Crippen molar-refractivity contribution in [2.45, 2.75) is 13.8 Å². The number of nitrogens with zero attached hydrogens (tertiary/aromatic N) is 1. The highest BCUT2D eigenvalue weighted by atomic mass is 32.2. The van der Waals surface area contributed by atoms with Crippen LogP contribution in [-0.2, 0) is 19.6 Å². The lowest BCUT2D eigenvalue weighted by Gasteiger charge is -2.10. The second-order valence-corrected chi connectivity index (χ2v) is 7.71. The van der Waals surface area contributed by atoms with Crippen molar-refractivity contribution in [1.82, 2.24) is 0 Å². The molecule has 0 aromatic heterocycles. The molecule has 1 aliphatic heterocycles. The summed E-state index contributed by atoms with van der Waals surface area (Å²) in [4.78, 5) is 16.4. The first-order chi connectivity index (χ1) is 13.2. The molecule has 1 aliphatic rings. The molecule has 0 unspecified atom stereocenters. The quantitative estimate of drug-likeness (QED) is 0.420. The summed E-state index contributed by atoms with van der Waals surface area (Å²) in [6.45, 7) is 4.02. The average Bonchev–Trinajstić information content (AvgIpc) is 2.97. The lowest BCUT2D eigenvalue weighted by atomic mass is 10.1. The summed E-state index contributed by atoms with van der Waals surface area (Å²) in [6, 6.07) is 12.1. The van der Waals surface area contributed by atoms with Gasteiger partial charge in [0.1, 0.15) is 0 Å². The summed E-state index contributed by atoms with van der Waals surface area (Å²) in [6.07, 6.45) is 2.49. The first-order valence-electron chi connectivity index (χ1n) is 8.51. The molecule has 3 rings (SSSR count). The molecule has 0 atom stereocenters. The van der Waals surface area contributed by atoms with Crippen molar-refractivity contribution in [3.05, 3.63) is 64.9 Å².